The van der Waals surface area contributed by atoms with Crippen LogP contribution in [-0.2, 0) is 4.79 Å². The van der Waals surface area contributed by atoms with Crippen LogP contribution in [0, 0.1) is 5.92 Å². The van der Waals surface area contributed by atoms with Crippen molar-refractivity contribution < 1.29 is 10.0 Å². The summed E-state index contributed by atoms with van der Waals surface area (Å²) in [6, 6.07) is 0. The van der Waals surface area contributed by atoms with Gasteiger partial charge in [-0.25, -0.2) is 0 Å². The SMILES string of the molecule is CC1(C)CC(CNC(=O)CI)C(C)(C)N1O. The molecule has 0 aromatic carbocycles. The summed E-state index contributed by atoms with van der Waals surface area (Å²) in [6.45, 7) is 8.71. The number of hydroxylamine groups is 2. The fraction of sp³-hybridized carbons (Fsp3) is 0.909. The minimum Gasteiger partial charge on any atom is -0.355 e. The van der Waals surface area contributed by atoms with Crippen molar-refractivity contribution in [3.05, 3.63) is 0 Å². The molecule has 0 aromatic rings. The molecule has 0 radical (unpaired) electrons. The zero-order chi connectivity index (χ0) is 12.6. The van der Waals surface area contributed by atoms with Crippen LogP contribution in [0.15, 0.2) is 0 Å². The molecule has 0 aliphatic carbocycles. The quantitative estimate of drug-likeness (QED) is 0.609. The highest BCUT2D eigenvalue weighted by molar-refractivity contribution is 14.1. The Hall–Kier alpha value is 0.120. The summed E-state index contributed by atoms with van der Waals surface area (Å²) in [4.78, 5) is 11.2. The molecule has 1 saturated heterocycles. The summed E-state index contributed by atoms with van der Waals surface area (Å²) in [6.07, 6.45) is 0.887. The van der Waals surface area contributed by atoms with Gasteiger partial charge in [-0.3, -0.25) is 4.79 Å². The van der Waals surface area contributed by atoms with Gasteiger partial charge in [-0.15, -0.1) is 0 Å². The second-order valence-corrected chi connectivity index (χ2v) is 6.38. The fourth-order valence-corrected chi connectivity index (χ4v) is 2.77. The van der Waals surface area contributed by atoms with Crippen molar-refractivity contribution in [2.75, 3.05) is 11.0 Å². The summed E-state index contributed by atoms with van der Waals surface area (Å²) in [5.41, 5.74) is -0.509. The first-order valence-corrected chi connectivity index (χ1v) is 7.06. The van der Waals surface area contributed by atoms with E-state index in [0.717, 1.165) is 6.42 Å². The van der Waals surface area contributed by atoms with E-state index in [9.17, 15) is 10.0 Å². The Balaban J connectivity index is 2.65. The Morgan fingerprint density at radius 3 is 2.44 bits per heavy atom. The highest BCUT2D eigenvalue weighted by atomic mass is 127. The number of hydrogen-bond donors (Lipinski definition) is 2. The Morgan fingerprint density at radius 1 is 1.50 bits per heavy atom. The number of carbonyl (C=O) groups excluding carboxylic acids is 1. The van der Waals surface area contributed by atoms with Gasteiger partial charge in [0.05, 0.1) is 4.43 Å². The van der Waals surface area contributed by atoms with Crippen molar-refractivity contribution in [2.45, 2.75) is 45.2 Å². The van der Waals surface area contributed by atoms with E-state index in [2.05, 4.69) is 5.32 Å². The molecule has 1 unspecified atom stereocenters. The van der Waals surface area contributed by atoms with Gasteiger partial charge in [-0.05, 0) is 40.0 Å². The smallest absolute Gasteiger partial charge is 0.229 e. The van der Waals surface area contributed by atoms with Gasteiger partial charge < -0.3 is 10.5 Å². The second-order valence-electron chi connectivity index (χ2n) is 5.62. The van der Waals surface area contributed by atoms with Crippen LogP contribution in [0.25, 0.3) is 0 Å². The largest absolute Gasteiger partial charge is 0.355 e. The van der Waals surface area contributed by atoms with E-state index < -0.39 is 0 Å². The Labute approximate surface area is 111 Å². The monoisotopic (exact) mass is 340 g/mol. The molecule has 0 saturated carbocycles. The molecule has 1 atom stereocenters. The van der Waals surface area contributed by atoms with Gasteiger partial charge in [-0.2, -0.15) is 5.06 Å². The molecule has 1 amide bonds. The average Bonchev–Trinajstić information content (AvgIpc) is 2.35. The van der Waals surface area contributed by atoms with Crippen molar-refractivity contribution in [3.8, 4) is 0 Å². The predicted octanol–water partition coefficient (Wildman–Crippen LogP) is 1.81. The van der Waals surface area contributed by atoms with Crippen LogP contribution in [-0.4, -0.2) is 38.2 Å². The van der Waals surface area contributed by atoms with Gasteiger partial charge in [0.25, 0.3) is 0 Å². The number of amides is 1. The third-order valence-corrected chi connectivity index (χ3v) is 4.22. The molecule has 0 aromatic heterocycles. The van der Waals surface area contributed by atoms with Crippen LogP contribution in [0.2, 0.25) is 0 Å². The molecule has 1 heterocycles. The van der Waals surface area contributed by atoms with Crippen molar-refractivity contribution in [1.29, 1.82) is 0 Å². The van der Waals surface area contributed by atoms with E-state index in [1.807, 2.05) is 50.3 Å². The van der Waals surface area contributed by atoms with E-state index in [1.54, 1.807) is 0 Å². The predicted molar refractivity (Wildman–Crippen MR) is 71.8 cm³/mol. The molecule has 16 heavy (non-hydrogen) atoms. The molecular weight excluding hydrogens is 319 g/mol. The molecule has 0 bridgehead atoms. The molecular formula is C11H21IN2O2. The molecule has 1 rings (SSSR count). The zero-order valence-corrected chi connectivity index (χ0v) is 12.5. The fourth-order valence-electron chi connectivity index (χ4n) is 2.50. The second kappa shape index (κ2) is 4.78. The van der Waals surface area contributed by atoms with E-state index in [-0.39, 0.29) is 22.9 Å². The lowest BCUT2D eigenvalue weighted by molar-refractivity contribution is -0.196. The Morgan fingerprint density at radius 2 is 2.06 bits per heavy atom. The summed E-state index contributed by atoms with van der Waals surface area (Å²) in [5.74, 6) is 0.338. The first kappa shape index (κ1) is 14.2. The van der Waals surface area contributed by atoms with Crippen molar-refractivity contribution in [1.82, 2.24) is 10.4 Å². The van der Waals surface area contributed by atoms with Crippen LogP contribution >= 0.6 is 22.6 Å². The Kier molecular flexibility index (Phi) is 4.23. The van der Waals surface area contributed by atoms with Crippen LogP contribution in [0.5, 0.6) is 0 Å². The lowest BCUT2D eigenvalue weighted by Gasteiger charge is -2.36. The van der Waals surface area contributed by atoms with E-state index in [1.165, 1.54) is 5.06 Å². The zero-order valence-electron chi connectivity index (χ0n) is 10.4. The summed E-state index contributed by atoms with van der Waals surface area (Å²) in [7, 11) is 0. The van der Waals surface area contributed by atoms with Crippen molar-refractivity contribution in [3.63, 3.8) is 0 Å². The number of nitrogens with one attached hydrogen (secondary N) is 1. The molecule has 1 fully saturated rings. The van der Waals surface area contributed by atoms with E-state index in [0.29, 0.717) is 11.0 Å². The molecule has 1 aliphatic rings. The topological polar surface area (TPSA) is 52.6 Å². The highest BCUT2D eigenvalue weighted by Crippen LogP contribution is 2.42. The number of hydrogen-bond acceptors (Lipinski definition) is 3. The third-order valence-electron chi connectivity index (χ3n) is 3.53. The lowest BCUT2D eigenvalue weighted by atomic mass is 9.87. The number of nitrogens with zero attached hydrogens (tertiary/aromatic N) is 1. The highest BCUT2D eigenvalue weighted by Gasteiger charge is 2.50. The first-order valence-electron chi connectivity index (χ1n) is 5.53. The van der Waals surface area contributed by atoms with Gasteiger partial charge in [-0.1, -0.05) is 22.6 Å². The van der Waals surface area contributed by atoms with Crippen LogP contribution in [0.1, 0.15) is 34.1 Å². The van der Waals surface area contributed by atoms with Crippen molar-refractivity contribution >= 4 is 28.5 Å². The van der Waals surface area contributed by atoms with Gasteiger partial charge >= 0.3 is 0 Å². The average molecular weight is 340 g/mol. The molecule has 2 N–H and O–H groups in total. The third kappa shape index (κ3) is 2.68. The van der Waals surface area contributed by atoms with Gasteiger partial charge in [0.15, 0.2) is 0 Å². The van der Waals surface area contributed by atoms with Gasteiger partial charge in [0.2, 0.25) is 5.91 Å². The molecule has 94 valence electrons. The van der Waals surface area contributed by atoms with Crippen LogP contribution in [0.4, 0.5) is 0 Å². The van der Waals surface area contributed by atoms with Gasteiger partial charge in [0, 0.05) is 17.6 Å². The van der Waals surface area contributed by atoms with E-state index >= 15 is 0 Å². The lowest BCUT2D eigenvalue weighted by Crippen LogP contribution is -2.48. The summed E-state index contributed by atoms with van der Waals surface area (Å²) in [5, 5.41) is 14.4. The minimum absolute atomic E-state index is 0.0607. The van der Waals surface area contributed by atoms with Crippen molar-refractivity contribution in [2.24, 2.45) is 5.92 Å². The molecule has 5 heteroatoms. The number of halogens is 1. The summed E-state index contributed by atoms with van der Waals surface area (Å²) < 4.78 is 0.483. The van der Waals surface area contributed by atoms with Gasteiger partial charge in [0.1, 0.15) is 0 Å². The Bertz CT molecular complexity index is 279. The number of rotatable bonds is 3. The first-order chi connectivity index (χ1) is 7.21. The minimum atomic E-state index is -0.290. The summed E-state index contributed by atoms with van der Waals surface area (Å²) >= 11 is 2.05. The normalized spacial score (nSPS) is 28.0. The number of carbonyl (C=O) groups is 1. The van der Waals surface area contributed by atoms with Crippen LogP contribution < -0.4 is 5.32 Å². The maximum Gasteiger partial charge on any atom is 0.229 e. The maximum atomic E-state index is 11.2. The standard InChI is InChI=1S/C11H21IN2O2/c1-10(2)5-8(7-13-9(15)6-12)11(3,4)14(10)16/h8,16H,5-7H2,1-4H3,(H,13,15). The number of alkyl halides is 1. The molecule has 1 aliphatic heterocycles. The van der Waals surface area contributed by atoms with Crippen LogP contribution in [0.3, 0.4) is 0 Å². The maximum absolute atomic E-state index is 11.2. The van der Waals surface area contributed by atoms with E-state index in [4.69, 9.17) is 0 Å². The molecule has 4 nitrogen and oxygen atoms in total. The molecule has 0 spiro atoms.